The maximum absolute atomic E-state index is 3.90. The van der Waals surface area contributed by atoms with E-state index in [2.05, 4.69) is 15.0 Å². The van der Waals surface area contributed by atoms with Crippen molar-refractivity contribution in [2.24, 2.45) is 0 Å². The predicted molar refractivity (Wildman–Crippen MR) is 44.2 cm³/mol. The van der Waals surface area contributed by atoms with Gasteiger partial charge in [0.15, 0.2) is 0 Å². The highest BCUT2D eigenvalue weighted by atomic mass is 32.1. The number of rotatable bonds is 1. The van der Waals surface area contributed by atoms with Gasteiger partial charge in [-0.05, 0) is 11.5 Å². The van der Waals surface area contributed by atoms with Crippen LogP contribution >= 0.6 is 11.5 Å². The molecule has 0 bridgehead atoms. The molecule has 0 aliphatic carbocycles. The second-order valence-electron chi connectivity index (χ2n) is 2.09. The molecule has 3 heteroatoms. The van der Waals surface area contributed by atoms with Crippen molar-refractivity contribution >= 4 is 11.5 Å². The molecule has 11 heavy (non-hydrogen) atoms. The van der Waals surface area contributed by atoms with Crippen LogP contribution in [-0.2, 0) is 0 Å². The van der Waals surface area contributed by atoms with Crippen LogP contribution in [0.4, 0.5) is 0 Å². The third-order valence-electron chi connectivity index (χ3n) is 1.37. The first-order valence-electron chi connectivity index (χ1n) is 3.22. The van der Waals surface area contributed by atoms with Crippen LogP contribution in [0.2, 0.25) is 0 Å². The average Bonchev–Trinajstić information content (AvgIpc) is 2.58. The lowest BCUT2D eigenvalue weighted by Gasteiger charge is -1.90. The molecule has 1 aromatic carbocycles. The van der Waals surface area contributed by atoms with Gasteiger partial charge in [0.05, 0.1) is 5.38 Å². The molecule has 0 amide bonds. The summed E-state index contributed by atoms with van der Waals surface area (Å²) in [5, 5.41) is 6.87. The summed E-state index contributed by atoms with van der Waals surface area (Å²) < 4.78 is 3.73. The Bertz CT molecular complexity index is 315. The van der Waals surface area contributed by atoms with Crippen LogP contribution in [0, 0.1) is 5.38 Å². The van der Waals surface area contributed by atoms with Crippen molar-refractivity contribution in [3.05, 3.63) is 35.7 Å². The molecule has 1 radical (unpaired) electrons. The Morgan fingerprint density at radius 2 is 2.00 bits per heavy atom. The van der Waals surface area contributed by atoms with Crippen molar-refractivity contribution in [3.8, 4) is 11.3 Å². The van der Waals surface area contributed by atoms with Crippen LogP contribution in [0.5, 0.6) is 0 Å². The average molecular weight is 161 g/mol. The minimum Gasteiger partial charge on any atom is -0.137 e. The molecule has 0 spiro atoms. The minimum absolute atomic E-state index is 0.829. The Balaban J connectivity index is 2.46. The topological polar surface area (TPSA) is 25.8 Å². The van der Waals surface area contributed by atoms with Gasteiger partial charge in [0.25, 0.3) is 0 Å². The van der Waals surface area contributed by atoms with Crippen molar-refractivity contribution in [2.75, 3.05) is 0 Å². The number of aromatic nitrogens is 2. The Morgan fingerprint density at radius 3 is 2.64 bits per heavy atom. The first-order valence-corrected chi connectivity index (χ1v) is 3.99. The van der Waals surface area contributed by atoms with Crippen molar-refractivity contribution < 1.29 is 0 Å². The molecule has 0 atom stereocenters. The summed E-state index contributed by atoms with van der Waals surface area (Å²) in [7, 11) is 0. The third kappa shape index (κ3) is 1.28. The van der Waals surface area contributed by atoms with E-state index in [1.807, 2.05) is 30.3 Å². The van der Waals surface area contributed by atoms with Gasteiger partial charge in [0.2, 0.25) is 0 Å². The summed E-state index contributed by atoms with van der Waals surface area (Å²) in [6.45, 7) is 0. The molecule has 2 aromatic rings. The van der Waals surface area contributed by atoms with E-state index in [-0.39, 0.29) is 0 Å². The summed E-state index contributed by atoms with van der Waals surface area (Å²) in [5.41, 5.74) is 1.90. The molecule has 0 saturated carbocycles. The second kappa shape index (κ2) is 2.80. The Labute approximate surface area is 68.7 Å². The predicted octanol–water partition coefficient (Wildman–Crippen LogP) is 2.01. The quantitative estimate of drug-likeness (QED) is 0.639. The molecule has 53 valence electrons. The maximum Gasteiger partial charge on any atom is 0.114 e. The van der Waals surface area contributed by atoms with Gasteiger partial charge >= 0.3 is 0 Å². The van der Waals surface area contributed by atoms with Gasteiger partial charge in [-0.3, -0.25) is 0 Å². The van der Waals surface area contributed by atoms with Gasteiger partial charge < -0.3 is 0 Å². The first-order chi connectivity index (χ1) is 5.47. The lowest BCUT2D eigenvalue weighted by molar-refractivity contribution is 1.16. The van der Waals surface area contributed by atoms with Crippen LogP contribution in [0.15, 0.2) is 30.3 Å². The van der Waals surface area contributed by atoms with E-state index in [1.165, 1.54) is 11.5 Å². The Kier molecular flexibility index (Phi) is 1.65. The van der Waals surface area contributed by atoms with Crippen LogP contribution < -0.4 is 0 Å². The molecular weight excluding hydrogens is 156 g/mol. The van der Waals surface area contributed by atoms with Gasteiger partial charge in [-0.15, -0.1) is 5.10 Å². The van der Waals surface area contributed by atoms with Crippen molar-refractivity contribution in [3.63, 3.8) is 0 Å². The molecule has 2 nitrogen and oxygen atoms in total. The van der Waals surface area contributed by atoms with Gasteiger partial charge in [-0.1, -0.05) is 34.8 Å². The van der Waals surface area contributed by atoms with Crippen LogP contribution in [-0.4, -0.2) is 9.59 Å². The Hall–Kier alpha value is -1.22. The van der Waals surface area contributed by atoms with Gasteiger partial charge in [0, 0.05) is 5.56 Å². The lowest BCUT2D eigenvalue weighted by Crippen LogP contribution is -1.75. The van der Waals surface area contributed by atoms with E-state index in [0.29, 0.717) is 0 Å². The lowest BCUT2D eigenvalue weighted by atomic mass is 10.2. The molecule has 0 aliphatic heterocycles. The minimum atomic E-state index is 0.829. The highest BCUT2D eigenvalue weighted by Gasteiger charge is 1.97. The summed E-state index contributed by atoms with van der Waals surface area (Å²) >= 11 is 1.25. The monoisotopic (exact) mass is 161 g/mol. The summed E-state index contributed by atoms with van der Waals surface area (Å²) in [4.78, 5) is 0. The molecule has 0 unspecified atom stereocenters. The molecule has 0 fully saturated rings. The van der Waals surface area contributed by atoms with E-state index in [9.17, 15) is 0 Å². The zero-order chi connectivity index (χ0) is 7.52. The summed E-state index contributed by atoms with van der Waals surface area (Å²) in [6.07, 6.45) is 0. The van der Waals surface area contributed by atoms with Crippen molar-refractivity contribution in [1.29, 1.82) is 0 Å². The molecule has 0 aliphatic rings. The summed E-state index contributed by atoms with van der Waals surface area (Å²) in [6, 6.07) is 9.91. The zero-order valence-electron chi connectivity index (χ0n) is 5.69. The number of nitrogens with zero attached hydrogens (tertiary/aromatic N) is 2. The molecule has 0 saturated heterocycles. The molecule has 1 aromatic heterocycles. The molecule has 0 N–H and O–H groups in total. The van der Waals surface area contributed by atoms with Crippen molar-refractivity contribution in [2.45, 2.75) is 0 Å². The van der Waals surface area contributed by atoms with Gasteiger partial charge in [0.1, 0.15) is 5.69 Å². The molecule has 2 rings (SSSR count). The Morgan fingerprint density at radius 1 is 1.18 bits per heavy atom. The number of benzene rings is 1. The highest BCUT2D eigenvalue weighted by molar-refractivity contribution is 7.03. The number of hydrogen-bond donors (Lipinski definition) is 0. The van der Waals surface area contributed by atoms with Gasteiger partial charge in [-0.25, -0.2) is 0 Å². The van der Waals surface area contributed by atoms with Crippen LogP contribution in [0.3, 0.4) is 0 Å². The largest absolute Gasteiger partial charge is 0.137 e. The third-order valence-corrected chi connectivity index (χ3v) is 1.82. The van der Waals surface area contributed by atoms with E-state index in [1.54, 1.807) is 0 Å². The smallest absolute Gasteiger partial charge is 0.114 e. The van der Waals surface area contributed by atoms with E-state index >= 15 is 0 Å². The summed E-state index contributed by atoms with van der Waals surface area (Å²) in [5.74, 6) is 0. The van der Waals surface area contributed by atoms with E-state index in [0.717, 1.165) is 11.3 Å². The normalized spacial score (nSPS) is 9.82. The molecular formula is C8H5N2S. The van der Waals surface area contributed by atoms with Crippen molar-refractivity contribution in [1.82, 2.24) is 9.59 Å². The first kappa shape index (κ1) is 6.49. The zero-order valence-corrected chi connectivity index (χ0v) is 6.51. The van der Waals surface area contributed by atoms with E-state index in [4.69, 9.17) is 0 Å². The van der Waals surface area contributed by atoms with Crippen LogP contribution in [0.1, 0.15) is 0 Å². The molecule has 1 heterocycles. The van der Waals surface area contributed by atoms with Gasteiger partial charge in [-0.2, -0.15) is 0 Å². The van der Waals surface area contributed by atoms with E-state index < -0.39 is 0 Å². The standard InChI is InChI=1S/C8H5N2S/c1-2-4-7(5-3-1)8-6-11-10-9-8/h1-5H. The fourth-order valence-electron chi connectivity index (χ4n) is 0.858. The maximum atomic E-state index is 3.90. The number of hydrogen-bond acceptors (Lipinski definition) is 3. The SMILES string of the molecule is [c]1snnc1-c1ccccc1. The van der Waals surface area contributed by atoms with Crippen LogP contribution in [0.25, 0.3) is 11.3 Å². The second-order valence-corrected chi connectivity index (χ2v) is 2.64. The highest BCUT2D eigenvalue weighted by Crippen LogP contribution is 2.15. The fraction of sp³-hybridized carbons (Fsp3) is 0. The fourth-order valence-corrected chi connectivity index (χ4v) is 1.27.